The van der Waals surface area contributed by atoms with Crippen LogP contribution < -0.4 is 14.5 Å². The predicted molar refractivity (Wildman–Crippen MR) is 336 cm³/mol. The summed E-state index contributed by atoms with van der Waals surface area (Å²) in [6.07, 6.45) is 2.04. The van der Waals surface area contributed by atoms with Gasteiger partial charge in [0.15, 0.2) is 0 Å². The van der Waals surface area contributed by atoms with Crippen LogP contribution in [-0.4, -0.2) is 16.2 Å². The van der Waals surface area contributed by atoms with Crippen molar-refractivity contribution in [2.75, 3.05) is 16.5 Å². The summed E-state index contributed by atoms with van der Waals surface area (Å²) in [6.45, 7) is 16.4. The van der Waals surface area contributed by atoms with E-state index in [0.29, 0.717) is 6.67 Å². The molecule has 3 heterocycles. The lowest BCUT2D eigenvalue weighted by Gasteiger charge is -2.27. The van der Waals surface area contributed by atoms with Crippen molar-refractivity contribution < 1.29 is 4.74 Å². The standard InChI is InChI=1S/C75H64N4O/c1-50-43-72(76-48-66(50)55-35-40-58(41-36-55)75(5,6)7)79-67-42-37-56(51-21-11-8-12-22-51)44-64(67)65-46-63(53-25-15-10-16-26-53)71(47-70(65)79)80-60-28-19-27-59(45-60)77-49-78(69-32-18-17-31-68(69)77)73-61(52-23-13-9-14-24-52)29-20-30-62(73)54-33-38-57(39-34-54)74(2,3)4/h8-48H,49H2,1-7H3. The Kier molecular flexibility index (Phi) is 12.6. The van der Waals surface area contributed by atoms with Gasteiger partial charge >= 0.3 is 0 Å². The molecule has 10 aromatic carbocycles. The molecule has 80 heavy (non-hydrogen) atoms. The highest BCUT2D eigenvalue weighted by Gasteiger charge is 2.32. The molecule has 0 aliphatic carbocycles. The van der Waals surface area contributed by atoms with Crippen molar-refractivity contribution in [1.82, 2.24) is 9.55 Å². The lowest BCUT2D eigenvalue weighted by Crippen LogP contribution is -2.25. The third-order valence-electron chi connectivity index (χ3n) is 16.0. The molecule has 0 radical (unpaired) electrons. The molecule has 1 aliphatic rings. The van der Waals surface area contributed by atoms with Crippen LogP contribution in [0.1, 0.15) is 58.2 Å². The second-order valence-electron chi connectivity index (χ2n) is 23.3. The normalized spacial score (nSPS) is 12.6. The number of ether oxygens (including phenoxy) is 1. The Morgan fingerprint density at radius 1 is 0.400 bits per heavy atom. The van der Waals surface area contributed by atoms with Crippen molar-refractivity contribution in [3.8, 4) is 73.0 Å². The molecule has 0 saturated carbocycles. The maximum atomic E-state index is 7.30. The number of anilines is 4. The third-order valence-corrected chi connectivity index (χ3v) is 16.0. The highest BCUT2D eigenvalue weighted by atomic mass is 16.5. The largest absolute Gasteiger partial charge is 0.457 e. The molecule has 390 valence electrons. The van der Waals surface area contributed by atoms with Gasteiger partial charge in [0.1, 0.15) is 24.0 Å². The highest BCUT2D eigenvalue weighted by molar-refractivity contribution is 6.12. The molecule has 0 unspecified atom stereocenters. The molecule has 0 N–H and O–H groups in total. The van der Waals surface area contributed by atoms with Crippen LogP contribution in [0.4, 0.5) is 22.7 Å². The van der Waals surface area contributed by atoms with Crippen LogP contribution in [0.25, 0.3) is 83.3 Å². The lowest BCUT2D eigenvalue weighted by atomic mass is 9.86. The van der Waals surface area contributed by atoms with E-state index in [0.717, 1.165) is 89.6 Å². The molecular weight excluding hydrogens is 973 g/mol. The van der Waals surface area contributed by atoms with Crippen LogP contribution in [0, 0.1) is 6.92 Å². The van der Waals surface area contributed by atoms with Gasteiger partial charge in [0.05, 0.1) is 28.1 Å². The van der Waals surface area contributed by atoms with Gasteiger partial charge < -0.3 is 14.5 Å². The van der Waals surface area contributed by atoms with E-state index in [1.54, 1.807) is 0 Å². The predicted octanol–water partition coefficient (Wildman–Crippen LogP) is 20.5. The van der Waals surface area contributed by atoms with Gasteiger partial charge in [-0.05, 0) is 116 Å². The topological polar surface area (TPSA) is 33.5 Å². The number of hydrogen-bond acceptors (Lipinski definition) is 4. The van der Waals surface area contributed by atoms with E-state index in [4.69, 9.17) is 9.72 Å². The summed E-state index contributed by atoms with van der Waals surface area (Å²) in [5.74, 6) is 2.34. The van der Waals surface area contributed by atoms with Gasteiger partial charge in [-0.2, -0.15) is 0 Å². The van der Waals surface area contributed by atoms with Crippen molar-refractivity contribution in [3.63, 3.8) is 0 Å². The zero-order valence-corrected chi connectivity index (χ0v) is 46.6. The second-order valence-corrected chi connectivity index (χ2v) is 23.3. The van der Waals surface area contributed by atoms with Crippen LogP contribution in [0.3, 0.4) is 0 Å². The van der Waals surface area contributed by atoms with Crippen molar-refractivity contribution in [2.45, 2.75) is 59.3 Å². The molecule has 0 spiro atoms. The average molecular weight is 1040 g/mol. The smallest absolute Gasteiger partial charge is 0.137 e. The van der Waals surface area contributed by atoms with Crippen molar-refractivity contribution in [3.05, 3.63) is 266 Å². The first-order valence-electron chi connectivity index (χ1n) is 27.9. The number of para-hydroxylation sites is 3. The van der Waals surface area contributed by atoms with Gasteiger partial charge in [-0.25, -0.2) is 4.98 Å². The van der Waals surface area contributed by atoms with E-state index < -0.39 is 0 Å². The Bertz CT molecular complexity index is 4240. The Morgan fingerprint density at radius 2 is 0.912 bits per heavy atom. The summed E-state index contributed by atoms with van der Waals surface area (Å²) < 4.78 is 9.61. The van der Waals surface area contributed by atoms with E-state index in [9.17, 15) is 0 Å². The average Bonchev–Trinajstić information content (AvgIpc) is 4.10. The van der Waals surface area contributed by atoms with Gasteiger partial charge in [-0.15, -0.1) is 0 Å². The number of pyridine rings is 1. The molecule has 5 heteroatoms. The SMILES string of the molecule is Cc1cc(-n2c3ccc(-c4ccccc4)cc3c3cc(-c4ccccc4)c(Oc4cccc(N5CN(c6c(-c7ccccc7)cccc6-c6ccc(C(C)(C)C)cc6)c6ccccc65)c4)cc32)ncc1-c1ccc(C(C)(C)C)cc1. The molecule has 13 rings (SSSR count). The fourth-order valence-electron chi connectivity index (χ4n) is 11.7. The van der Waals surface area contributed by atoms with Crippen LogP contribution in [-0.2, 0) is 10.8 Å². The van der Waals surface area contributed by atoms with Crippen LogP contribution in [0.5, 0.6) is 11.5 Å². The first kappa shape index (κ1) is 50.1. The number of nitrogens with zero attached hydrogens (tertiary/aromatic N) is 4. The van der Waals surface area contributed by atoms with Crippen molar-refractivity contribution in [1.29, 1.82) is 0 Å². The molecule has 0 atom stereocenters. The Morgan fingerprint density at radius 3 is 1.51 bits per heavy atom. The van der Waals surface area contributed by atoms with E-state index in [1.165, 1.54) is 44.6 Å². The Labute approximate surface area is 470 Å². The summed E-state index contributed by atoms with van der Waals surface area (Å²) in [5.41, 5.74) is 21.9. The minimum atomic E-state index is 0.0487. The summed E-state index contributed by atoms with van der Waals surface area (Å²) >= 11 is 0. The molecule has 5 nitrogen and oxygen atoms in total. The maximum absolute atomic E-state index is 7.30. The van der Waals surface area contributed by atoms with E-state index >= 15 is 0 Å². The molecule has 0 bridgehead atoms. The lowest BCUT2D eigenvalue weighted by molar-refractivity contribution is 0.485. The fraction of sp³-hybridized carbons (Fsp3) is 0.133. The number of rotatable bonds is 10. The minimum absolute atomic E-state index is 0.0487. The number of hydrogen-bond donors (Lipinski definition) is 0. The van der Waals surface area contributed by atoms with Gasteiger partial charge in [0.25, 0.3) is 0 Å². The quantitative estimate of drug-likeness (QED) is 0.137. The summed E-state index contributed by atoms with van der Waals surface area (Å²) in [6, 6.07) is 87.8. The second kappa shape index (κ2) is 20.1. The first-order chi connectivity index (χ1) is 38.8. The Hall–Kier alpha value is -9.45. The fourth-order valence-corrected chi connectivity index (χ4v) is 11.7. The van der Waals surface area contributed by atoms with Gasteiger partial charge in [0.2, 0.25) is 0 Å². The molecule has 1 aliphatic heterocycles. The number of benzene rings is 10. The molecule has 12 aromatic rings. The number of aryl methyl sites for hydroxylation is 1. The maximum Gasteiger partial charge on any atom is 0.137 e. The van der Waals surface area contributed by atoms with Crippen LogP contribution >= 0.6 is 0 Å². The van der Waals surface area contributed by atoms with E-state index in [1.807, 2.05) is 6.20 Å². The summed E-state index contributed by atoms with van der Waals surface area (Å²) in [4.78, 5) is 10.2. The highest BCUT2D eigenvalue weighted by Crippen LogP contribution is 2.51. The first-order valence-corrected chi connectivity index (χ1v) is 27.9. The summed E-state index contributed by atoms with van der Waals surface area (Å²) in [7, 11) is 0. The van der Waals surface area contributed by atoms with E-state index in [-0.39, 0.29) is 10.8 Å². The van der Waals surface area contributed by atoms with Crippen LogP contribution in [0.2, 0.25) is 0 Å². The van der Waals surface area contributed by atoms with Gasteiger partial charge in [-0.1, -0.05) is 224 Å². The summed E-state index contributed by atoms with van der Waals surface area (Å²) in [5, 5.41) is 2.26. The zero-order valence-electron chi connectivity index (χ0n) is 46.6. The monoisotopic (exact) mass is 1040 g/mol. The minimum Gasteiger partial charge on any atom is -0.457 e. The Balaban J connectivity index is 0.927. The molecule has 0 fully saturated rings. The number of fused-ring (bicyclic) bond motifs is 4. The zero-order chi connectivity index (χ0) is 54.7. The molecule has 2 aromatic heterocycles. The van der Waals surface area contributed by atoms with Crippen molar-refractivity contribution in [2.24, 2.45) is 0 Å². The molecule has 0 saturated heterocycles. The number of aromatic nitrogens is 2. The van der Waals surface area contributed by atoms with Gasteiger partial charge in [-0.3, -0.25) is 4.57 Å². The molecular formula is C75H64N4O. The third kappa shape index (κ3) is 9.28. The van der Waals surface area contributed by atoms with Crippen molar-refractivity contribution >= 4 is 44.6 Å². The molecule has 0 amide bonds. The van der Waals surface area contributed by atoms with Gasteiger partial charge in [0, 0.05) is 57.0 Å². The van der Waals surface area contributed by atoms with E-state index in [2.05, 4.69) is 305 Å². The van der Waals surface area contributed by atoms with Crippen LogP contribution in [0.15, 0.2) is 249 Å².